The zero-order valence-corrected chi connectivity index (χ0v) is 15.4. The molecule has 0 radical (unpaired) electrons. The molecular formula is C18H35N3O2. The Kier molecular flexibility index (Phi) is 6.72. The van der Waals surface area contributed by atoms with Crippen LogP contribution in [0.1, 0.15) is 66.2 Å². The van der Waals surface area contributed by atoms with Crippen molar-refractivity contribution in [3.8, 4) is 0 Å². The predicted octanol–water partition coefficient (Wildman–Crippen LogP) is 2.90. The van der Waals surface area contributed by atoms with Crippen molar-refractivity contribution in [3.63, 3.8) is 0 Å². The molecule has 0 spiro atoms. The van der Waals surface area contributed by atoms with E-state index in [9.17, 15) is 4.79 Å². The molecule has 0 aromatic heterocycles. The van der Waals surface area contributed by atoms with Crippen LogP contribution in [0.25, 0.3) is 0 Å². The molecule has 1 amide bonds. The number of nitrogens with zero attached hydrogens (tertiary/aromatic N) is 1. The number of alkyl carbamates (subject to hydrolysis) is 1. The Morgan fingerprint density at radius 2 is 1.70 bits per heavy atom. The minimum Gasteiger partial charge on any atom is -0.444 e. The lowest BCUT2D eigenvalue weighted by Crippen LogP contribution is -2.46. The molecule has 1 saturated heterocycles. The van der Waals surface area contributed by atoms with E-state index < -0.39 is 5.60 Å². The molecule has 134 valence electrons. The first-order chi connectivity index (χ1) is 10.8. The summed E-state index contributed by atoms with van der Waals surface area (Å²) in [6, 6.07) is 1.49. The molecule has 0 bridgehead atoms. The van der Waals surface area contributed by atoms with E-state index in [1.54, 1.807) is 0 Å². The van der Waals surface area contributed by atoms with Gasteiger partial charge in [0.15, 0.2) is 0 Å². The van der Waals surface area contributed by atoms with E-state index in [1.807, 2.05) is 20.8 Å². The number of ether oxygens (including phenoxy) is 1. The molecule has 5 nitrogen and oxygen atoms in total. The highest BCUT2D eigenvalue weighted by atomic mass is 16.6. The molecule has 2 fully saturated rings. The van der Waals surface area contributed by atoms with E-state index in [0.717, 1.165) is 32.2 Å². The first-order valence-corrected chi connectivity index (χ1v) is 9.30. The van der Waals surface area contributed by atoms with Crippen molar-refractivity contribution < 1.29 is 9.53 Å². The number of likely N-dealkylation sites (tertiary alicyclic amines) is 1. The number of carbonyl (C=O) groups excluding carboxylic acids is 1. The van der Waals surface area contributed by atoms with E-state index in [-0.39, 0.29) is 12.1 Å². The molecule has 1 aliphatic carbocycles. The van der Waals surface area contributed by atoms with E-state index >= 15 is 0 Å². The van der Waals surface area contributed by atoms with Gasteiger partial charge >= 0.3 is 6.09 Å². The SMILES string of the molecule is CC(CNC1CCC(NC(=O)OC(C)(C)C)CC1)N1CCCC1. The Labute approximate surface area is 141 Å². The zero-order chi connectivity index (χ0) is 16.9. The highest BCUT2D eigenvalue weighted by Gasteiger charge is 2.25. The summed E-state index contributed by atoms with van der Waals surface area (Å²) in [4.78, 5) is 14.4. The Morgan fingerprint density at radius 3 is 2.26 bits per heavy atom. The van der Waals surface area contributed by atoms with Crippen LogP contribution in [0.15, 0.2) is 0 Å². The van der Waals surface area contributed by atoms with Gasteiger partial charge in [-0.2, -0.15) is 0 Å². The summed E-state index contributed by atoms with van der Waals surface area (Å²) in [7, 11) is 0. The summed E-state index contributed by atoms with van der Waals surface area (Å²) in [6.45, 7) is 11.6. The van der Waals surface area contributed by atoms with Crippen molar-refractivity contribution in [2.45, 2.75) is 89.9 Å². The van der Waals surface area contributed by atoms with Gasteiger partial charge in [-0.15, -0.1) is 0 Å². The lowest BCUT2D eigenvalue weighted by molar-refractivity contribution is 0.0489. The molecule has 0 aromatic rings. The highest BCUT2D eigenvalue weighted by Crippen LogP contribution is 2.20. The lowest BCUT2D eigenvalue weighted by atomic mass is 9.91. The smallest absolute Gasteiger partial charge is 0.407 e. The van der Waals surface area contributed by atoms with Gasteiger partial charge in [0.05, 0.1) is 0 Å². The van der Waals surface area contributed by atoms with Gasteiger partial charge in [-0.1, -0.05) is 0 Å². The van der Waals surface area contributed by atoms with Crippen LogP contribution in [0.2, 0.25) is 0 Å². The van der Waals surface area contributed by atoms with Gasteiger partial charge in [-0.05, 0) is 79.3 Å². The monoisotopic (exact) mass is 325 g/mol. The Balaban J connectivity index is 1.61. The molecule has 2 N–H and O–H groups in total. The zero-order valence-electron chi connectivity index (χ0n) is 15.4. The quantitative estimate of drug-likeness (QED) is 0.816. The second-order valence-electron chi connectivity index (χ2n) is 8.20. The summed E-state index contributed by atoms with van der Waals surface area (Å²) < 4.78 is 5.33. The molecular weight excluding hydrogens is 290 g/mol. The van der Waals surface area contributed by atoms with Gasteiger partial charge in [0.1, 0.15) is 5.60 Å². The van der Waals surface area contributed by atoms with Gasteiger partial charge < -0.3 is 15.4 Å². The number of rotatable bonds is 5. The van der Waals surface area contributed by atoms with Crippen LogP contribution in [-0.2, 0) is 4.74 Å². The fourth-order valence-corrected chi connectivity index (χ4v) is 3.56. The van der Waals surface area contributed by atoms with Gasteiger partial charge in [0.2, 0.25) is 0 Å². The van der Waals surface area contributed by atoms with Gasteiger partial charge in [0.25, 0.3) is 0 Å². The van der Waals surface area contributed by atoms with E-state index in [1.165, 1.54) is 25.9 Å². The van der Waals surface area contributed by atoms with Gasteiger partial charge in [-0.25, -0.2) is 4.79 Å². The average Bonchev–Trinajstić information content (AvgIpc) is 2.98. The van der Waals surface area contributed by atoms with Crippen LogP contribution in [0.5, 0.6) is 0 Å². The van der Waals surface area contributed by atoms with Crippen LogP contribution in [0, 0.1) is 0 Å². The molecule has 23 heavy (non-hydrogen) atoms. The maximum atomic E-state index is 11.8. The Morgan fingerprint density at radius 1 is 1.13 bits per heavy atom. The van der Waals surface area contributed by atoms with E-state index in [0.29, 0.717) is 12.1 Å². The first-order valence-electron chi connectivity index (χ1n) is 9.30. The molecule has 1 aliphatic heterocycles. The third-order valence-corrected chi connectivity index (χ3v) is 4.91. The minimum atomic E-state index is -0.422. The van der Waals surface area contributed by atoms with Crippen molar-refractivity contribution in [3.05, 3.63) is 0 Å². The molecule has 1 heterocycles. The molecule has 1 atom stereocenters. The molecule has 1 unspecified atom stereocenters. The largest absolute Gasteiger partial charge is 0.444 e. The Hall–Kier alpha value is -0.810. The number of carbonyl (C=O) groups is 1. The second kappa shape index (κ2) is 8.34. The second-order valence-corrected chi connectivity index (χ2v) is 8.20. The standard InChI is InChI=1S/C18H35N3O2/c1-14(21-11-5-6-12-21)13-19-15-7-9-16(10-8-15)20-17(22)23-18(2,3)4/h14-16,19H,5-13H2,1-4H3,(H,20,22). The van der Waals surface area contributed by atoms with Crippen molar-refractivity contribution in [2.75, 3.05) is 19.6 Å². The fourth-order valence-electron chi connectivity index (χ4n) is 3.56. The number of hydrogen-bond acceptors (Lipinski definition) is 4. The summed E-state index contributed by atoms with van der Waals surface area (Å²) in [5.74, 6) is 0. The Bertz CT molecular complexity index is 367. The number of hydrogen-bond donors (Lipinski definition) is 2. The molecule has 5 heteroatoms. The topological polar surface area (TPSA) is 53.6 Å². The minimum absolute atomic E-state index is 0.263. The lowest BCUT2D eigenvalue weighted by Gasteiger charge is -2.32. The predicted molar refractivity (Wildman–Crippen MR) is 93.7 cm³/mol. The summed E-state index contributed by atoms with van der Waals surface area (Å²) >= 11 is 0. The van der Waals surface area contributed by atoms with Crippen molar-refractivity contribution in [1.29, 1.82) is 0 Å². The summed E-state index contributed by atoms with van der Waals surface area (Å²) in [5, 5.41) is 6.73. The van der Waals surface area contributed by atoms with Crippen molar-refractivity contribution >= 4 is 6.09 Å². The van der Waals surface area contributed by atoms with Crippen LogP contribution in [0.4, 0.5) is 4.79 Å². The fraction of sp³-hybridized carbons (Fsp3) is 0.944. The highest BCUT2D eigenvalue weighted by molar-refractivity contribution is 5.68. The molecule has 0 aromatic carbocycles. The van der Waals surface area contributed by atoms with E-state index in [2.05, 4.69) is 22.5 Å². The van der Waals surface area contributed by atoms with Crippen LogP contribution < -0.4 is 10.6 Å². The maximum Gasteiger partial charge on any atom is 0.407 e. The van der Waals surface area contributed by atoms with Gasteiger partial charge in [-0.3, -0.25) is 4.90 Å². The summed E-state index contributed by atoms with van der Waals surface area (Å²) in [5.41, 5.74) is -0.422. The third-order valence-electron chi connectivity index (χ3n) is 4.91. The normalized spacial score (nSPS) is 27.7. The average molecular weight is 325 g/mol. The van der Waals surface area contributed by atoms with Gasteiger partial charge in [0, 0.05) is 24.7 Å². The number of amides is 1. The summed E-state index contributed by atoms with van der Waals surface area (Å²) in [6.07, 6.45) is 6.76. The van der Waals surface area contributed by atoms with E-state index in [4.69, 9.17) is 4.74 Å². The van der Waals surface area contributed by atoms with Crippen LogP contribution in [0.3, 0.4) is 0 Å². The maximum absolute atomic E-state index is 11.8. The molecule has 2 rings (SSSR count). The van der Waals surface area contributed by atoms with Crippen molar-refractivity contribution in [1.82, 2.24) is 15.5 Å². The third kappa shape index (κ3) is 6.68. The van der Waals surface area contributed by atoms with Crippen LogP contribution >= 0.6 is 0 Å². The van der Waals surface area contributed by atoms with Crippen molar-refractivity contribution in [2.24, 2.45) is 0 Å². The molecule has 2 aliphatic rings. The number of nitrogens with one attached hydrogen (secondary N) is 2. The first kappa shape index (κ1) is 18.5. The molecule has 1 saturated carbocycles. The van der Waals surface area contributed by atoms with Crippen LogP contribution in [-0.4, -0.2) is 54.4 Å².